The molecule has 1 heterocycles. The number of carbonyl (C=O) groups excluding carboxylic acids is 3. The third kappa shape index (κ3) is 6.84. The first-order valence-corrected chi connectivity index (χ1v) is 11.1. The lowest BCUT2D eigenvalue weighted by atomic mass is 10.1. The van der Waals surface area contributed by atoms with E-state index >= 15 is 0 Å². The molecule has 0 aliphatic carbocycles. The predicted molar refractivity (Wildman–Crippen MR) is 120 cm³/mol. The Morgan fingerprint density at radius 2 is 1.84 bits per heavy atom. The van der Waals surface area contributed by atoms with Crippen molar-refractivity contribution in [3.05, 3.63) is 56.8 Å². The monoisotopic (exact) mass is 463 g/mol. The number of anilines is 1. The summed E-state index contributed by atoms with van der Waals surface area (Å²) in [6, 6.07) is 5.01. The van der Waals surface area contributed by atoms with Crippen molar-refractivity contribution in [2.45, 2.75) is 33.2 Å². The van der Waals surface area contributed by atoms with Crippen LogP contribution in [-0.2, 0) is 14.3 Å². The summed E-state index contributed by atoms with van der Waals surface area (Å²) < 4.78 is 9.96. The first kappa shape index (κ1) is 24.9. The Labute approximate surface area is 189 Å². The van der Waals surface area contributed by atoms with E-state index in [0.717, 1.165) is 28.8 Å². The van der Waals surface area contributed by atoms with Gasteiger partial charge < -0.3 is 19.8 Å². The Morgan fingerprint density at radius 1 is 1.19 bits per heavy atom. The van der Waals surface area contributed by atoms with Gasteiger partial charge in [-0.2, -0.15) is 11.8 Å². The maximum atomic E-state index is 12.5. The lowest BCUT2D eigenvalue weighted by molar-refractivity contribution is -0.402. The van der Waals surface area contributed by atoms with Crippen LogP contribution in [0.25, 0.3) is 0 Å². The van der Waals surface area contributed by atoms with E-state index in [-0.39, 0.29) is 12.2 Å². The number of esters is 1. The molecule has 1 aromatic heterocycles. The van der Waals surface area contributed by atoms with E-state index in [2.05, 4.69) is 10.6 Å². The molecule has 2 rings (SSSR count). The van der Waals surface area contributed by atoms with Crippen molar-refractivity contribution in [2.24, 2.45) is 0 Å². The number of furan rings is 1. The number of nitro groups is 1. The van der Waals surface area contributed by atoms with Crippen LogP contribution in [0.2, 0.25) is 0 Å². The molecule has 0 aliphatic heterocycles. The van der Waals surface area contributed by atoms with E-state index in [1.165, 1.54) is 11.8 Å². The number of nitrogens with one attached hydrogen (secondary N) is 2. The predicted octanol–water partition coefficient (Wildman–Crippen LogP) is 3.15. The maximum Gasteiger partial charge on any atom is 0.433 e. The molecule has 2 aromatic rings. The smallest absolute Gasteiger partial charge is 0.433 e. The molecule has 0 aliphatic rings. The standard InChI is InChI=1S/C21H25N3O7S/c1-12-9-13(2)19(14(3)10-12)23-17(25)11-30-21(27)15(7-8-32-4)22-20(26)16-5-6-18(31-16)24(28)29/h5-6,9-10,15H,7-8,11H2,1-4H3,(H,22,26)(H,23,25)/t15-/m0/s1. The lowest BCUT2D eigenvalue weighted by Crippen LogP contribution is -2.43. The number of benzene rings is 1. The molecule has 2 amide bonds. The second-order valence-corrected chi connectivity index (χ2v) is 8.12. The molecule has 0 unspecified atom stereocenters. The van der Waals surface area contributed by atoms with Crippen molar-refractivity contribution >= 4 is 41.1 Å². The Bertz CT molecular complexity index is 996. The van der Waals surface area contributed by atoms with E-state index in [1.807, 2.05) is 39.2 Å². The number of hydrogen-bond donors (Lipinski definition) is 2. The average Bonchev–Trinajstić information content (AvgIpc) is 3.22. The summed E-state index contributed by atoms with van der Waals surface area (Å²) in [4.78, 5) is 47.1. The van der Waals surface area contributed by atoms with Crippen LogP contribution in [0.15, 0.2) is 28.7 Å². The van der Waals surface area contributed by atoms with Gasteiger partial charge in [-0.05, 0) is 56.4 Å². The fourth-order valence-electron chi connectivity index (χ4n) is 3.05. The highest BCUT2D eigenvalue weighted by molar-refractivity contribution is 7.98. The average molecular weight is 464 g/mol. The number of hydrogen-bond acceptors (Lipinski definition) is 8. The van der Waals surface area contributed by atoms with E-state index in [9.17, 15) is 24.5 Å². The van der Waals surface area contributed by atoms with Crippen LogP contribution in [0, 0.1) is 30.9 Å². The molecule has 0 saturated carbocycles. The van der Waals surface area contributed by atoms with Crippen LogP contribution in [0.3, 0.4) is 0 Å². The first-order chi connectivity index (χ1) is 15.1. The fraction of sp³-hybridized carbons (Fsp3) is 0.381. The summed E-state index contributed by atoms with van der Waals surface area (Å²) in [6.45, 7) is 5.17. The van der Waals surface area contributed by atoms with E-state index in [0.29, 0.717) is 11.4 Å². The molecule has 0 radical (unpaired) electrons. The Balaban J connectivity index is 1.98. The molecule has 1 atom stereocenters. The van der Waals surface area contributed by atoms with Crippen LogP contribution < -0.4 is 10.6 Å². The first-order valence-electron chi connectivity index (χ1n) is 9.70. The van der Waals surface area contributed by atoms with Crippen molar-refractivity contribution in [1.82, 2.24) is 5.32 Å². The normalized spacial score (nSPS) is 11.5. The largest absolute Gasteiger partial charge is 0.454 e. The number of nitrogens with zero attached hydrogens (tertiary/aromatic N) is 1. The molecule has 0 spiro atoms. The molecule has 11 heteroatoms. The Kier molecular flexibility index (Phi) is 8.82. The minimum absolute atomic E-state index is 0.242. The van der Waals surface area contributed by atoms with Gasteiger partial charge in [0.2, 0.25) is 0 Å². The molecule has 0 fully saturated rings. The van der Waals surface area contributed by atoms with Crippen LogP contribution in [-0.4, -0.2) is 47.4 Å². The molecule has 0 saturated heterocycles. The van der Waals surface area contributed by atoms with Crippen LogP contribution >= 0.6 is 11.8 Å². The van der Waals surface area contributed by atoms with E-state index in [1.54, 1.807) is 0 Å². The summed E-state index contributed by atoms with van der Waals surface area (Å²) in [5.41, 5.74) is 3.50. The molecule has 172 valence electrons. The van der Waals surface area contributed by atoms with Gasteiger partial charge in [0.25, 0.3) is 11.8 Å². The van der Waals surface area contributed by atoms with Crippen molar-refractivity contribution < 1.29 is 28.5 Å². The van der Waals surface area contributed by atoms with Gasteiger partial charge in [0.1, 0.15) is 11.0 Å². The molecule has 1 aromatic carbocycles. The topological polar surface area (TPSA) is 141 Å². The second kappa shape index (κ2) is 11.3. The molecular weight excluding hydrogens is 438 g/mol. The van der Waals surface area contributed by atoms with Gasteiger partial charge in [-0.15, -0.1) is 0 Å². The highest BCUT2D eigenvalue weighted by atomic mass is 32.2. The minimum Gasteiger partial charge on any atom is -0.454 e. The maximum absolute atomic E-state index is 12.5. The third-order valence-electron chi connectivity index (χ3n) is 4.48. The molecule has 10 nitrogen and oxygen atoms in total. The summed E-state index contributed by atoms with van der Waals surface area (Å²) in [7, 11) is 0. The van der Waals surface area contributed by atoms with Gasteiger partial charge in [0, 0.05) is 5.69 Å². The van der Waals surface area contributed by atoms with Crippen LogP contribution in [0.4, 0.5) is 11.6 Å². The fourth-order valence-corrected chi connectivity index (χ4v) is 3.52. The van der Waals surface area contributed by atoms with E-state index < -0.39 is 41.2 Å². The van der Waals surface area contributed by atoms with Crippen molar-refractivity contribution in [2.75, 3.05) is 23.9 Å². The van der Waals surface area contributed by atoms with Crippen LogP contribution in [0.5, 0.6) is 0 Å². The van der Waals surface area contributed by atoms with Crippen molar-refractivity contribution in [3.8, 4) is 0 Å². The quantitative estimate of drug-likeness (QED) is 0.311. The summed E-state index contributed by atoms with van der Waals surface area (Å²) in [5.74, 6) is -2.45. The SMILES string of the molecule is CSCC[C@H](NC(=O)c1ccc([N+](=O)[O-])o1)C(=O)OCC(=O)Nc1c(C)cc(C)cc1C. The zero-order chi connectivity index (χ0) is 23.8. The minimum atomic E-state index is -1.05. The molecule has 0 bridgehead atoms. The summed E-state index contributed by atoms with van der Waals surface area (Å²) in [6.07, 6.45) is 2.08. The van der Waals surface area contributed by atoms with Gasteiger partial charge in [0.05, 0.1) is 6.07 Å². The van der Waals surface area contributed by atoms with Crippen molar-refractivity contribution in [1.29, 1.82) is 0 Å². The number of aryl methyl sites for hydroxylation is 3. The Morgan fingerprint density at radius 3 is 2.41 bits per heavy atom. The highest BCUT2D eigenvalue weighted by Gasteiger charge is 2.26. The number of thioether (sulfide) groups is 1. The second-order valence-electron chi connectivity index (χ2n) is 7.13. The molecule has 32 heavy (non-hydrogen) atoms. The Hall–Kier alpha value is -3.34. The van der Waals surface area contributed by atoms with Gasteiger partial charge in [-0.3, -0.25) is 19.7 Å². The van der Waals surface area contributed by atoms with Crippen molar-refractivity contribution in [3.63, 3.8) is 0 Å². The summed E-state index contributed by atoms with van der Waals surface area (Å²) >= 11 is 1.46. The highest BCUT2D eigenvalue weighted by Crippen LogP contribution is 2.22. The number of amides is 2. The third-order valence-corrected chi connectivity index (χ3v) is 5.13. The lowest BCUT2D eigenvalue weighted by Gasteiger charge is -2.17. The molecular formula is C21H25N3O7S. The van der Waals surface area contributed by atoms with Gasteiger partial charge in [0.15, 0.2) is 12.4 Å². The number of carbonyl (C=O) groups is 3. The zero-order valence-electron chi connectivity index (χ0n) is 18.2. The van der Waals surface area contributed by atoms with Crippen LogP contribution in [0.1, 0.15) is 33.7 Å². The number of ether oxygens (including phenoxy) is 1. The zero-order valence-corrected chi connectivity index (χ0v) is 19.0. The van der Waals surface area contributed by atoms with E-state index in [4.69, 9.17) is 9.15 Å². The molecule has 2 N–H and O–H groups in total. The number of rotatable bonds is 10. The van der Waals surface area contributed by atoms with Gasteiger partial charge >= 0.3 is 11.9 Å². The van der Waals surface area contributed by atoms with Gasteiger partial charge in [-0.25, -0.2) is 4.79 Å². The van der Waals surface area contributed by atoms with Gasteiger partial charge in [-0.1, -0.05) is 17.7 Å². The summed E-state index contributed by atoms with van der Waals surface area (Å²) in [5, 5.41) is 15.9.